The van der Waals surface area contributed by atoms with Crippen LogP contribution in [0.3, 0.4) is 0 Å². The van der Waals surface area contributed by atoms with Gasteiger partial charge in [0.05, 0.1) is 34.1 Å². The fourth-order valence-corrected chi connectivity index (χ4v) is 4.22. The summed E-state index contributed by atoms with van der Waals surface area (Å²) in [5.74, 6) is 0.358. The van der Waals surface area contributed by atoms with E-state index in [0.29, 0.717) is 33.2 Å². The number of benzene rings is 3. The highest BCUT2D eigenvalue weighted by atomic mass is 79.9. The molecule has 4 aromatic rings. The molecule has 0 radical (unpaired) electrons. The van der Waals surface area contributed by atoms with Gasteiger partial charge in [0, 0.05) is 34.7 Å². The zero-order valence-electron chi connectivity index (χ0n) is 20.9. The van der Waals surface area contributed by atoms with Crippen LogP contribution in [0.15, 0.2) is 69.0 Å². The lowest BCUT2D eigenvalue weighted by atomic mass is 10.1. The van der Waals surface area contributed by atoms with E-state index in [1.54, 1.807) is 24.3 Å². The lowest BCUT2D eigenvalue weighted by Gasteiger charge is -2.12. The molecule has 0 aliphatic rings. The molecule has 0 spiro atoms. The molecule has 0 bridgehead atoms. The summed E-state index contributed by atoms with van der Waals surface area (Å²) in [6.07, 6.45) is 2.53. The third kappa shape index (κ3) is 6.09. The first-order valence-corrected chi connectivity index (χ1v) is 12.5. The molecule has 0 fully saturated rings. The average molecular weight is 596 g/mol. The average Bonchev–Trinajstić information content (AvgIpc) is 2.92. The highest BCUT2D eigenvalue weighted by Crippen LogP contribution is 2.38. The number of halogens is 1. The number of fused-ring (bicyclic) bond motifs is 1. The lowest BCUT2D eigenvalue weighted by molar-refractivity contribution is -0.386. The molecular formula is C26H22BrN5O7. The summed E-state index contributed by atoms with van der Waals surface area (Å²) >= 11 is 3.36. The third-order valence-electron chi connectivity index (χ3n) is 5.65. The summed E-state index contributed by atoms with van der Waals surface area (Å²) in [5.41, 5.74) is 0.370. The Bertz CT molecular complexity index is 1670. The topological polar surface area (TPSA) is 152 Å². The van der Waals surface area contributed by atoms with Gasteiger partial charge in [0.15, 0.2) is 5.75 Å². The van der Waals surface area contributed by atoms with E-state index < -0.39 is 15.5 Å². The van der Waals surface area contributed by atoms with E-state index in [1.807, 2.05) is 6.92 Å². The van der Waals surface area contributed by atoms with Gasteiger partial charge in [-0.15, -0.1) is 0 Å². The maximum atomic E-state index is 13.2. The summed E-state index contributed by atoms with van der Waals surface area (Å²) in [6.45, 7) is 1.78. The van der Waals surface area contributed by atoms with Gasteiger partial charge in [0.2, 0.25) is 5.75 Å². The van der Waals surface area contributed by atoms with Crippen LogP contribution in [0.5, 0.6) is 11.5 Å². The quantitative estimate of drug-likeness (QED) is 0.134. The molecule has 0 aliphatic heterocycles. The standard InChI is InChI=1S/C26H22BrN5O7/c1-3-5-24-29-21-9-8-18(27)13-20(21)26(33)30(24)28-14-17-11-22(32(36)37)25(23(12-17)38-2)39-15-16-6-4-7-19(10-16)31(34)35/h4,6-14H,3,5,15H2,1-2H3. The van der Waals surface area contributed by atoms with Gasteiger partial charge in [-0.1, -0.05) is 35.0 Å². The maximum absolute atomic E-state index is 13.2. The monoisotopic (exact) mass is 595 g/mol. The van der Waals surface area contributed by atoms with Gasteiger partial charge in [-0.25, -0.2) is 4.98 Å². The Kier molecular flexibility index (Phi) is 8.30. The fraction of sp³-hybridized carbons (Fsp3) is 0.192. The molecule has 3 aromatic carbocycles. The minimum atomic E-state index is -0.633. The summed E-state index contributed by atoms with van der Waals surface area (Å²) in [5, 5.41) is 27.6. The van der Waals surface area contributed by atoms with Gasteiger partial charge >= 0.3 is 5.69 Å². The largest absolute Gasteiger partial charge is 0.493 e. The van der Waals surface area contributed by atoms with Crippen molar-refractivity contribution in [3.05, 3.63) is 107 Å². The first-order chi connectivity index (χ1) is 18.7. The molecule has 0 aliphatic carbocycles. The molecule has 200 valence electrons. The van der Waals surface area contributed by atoms with Gasteiger partial charge in [0.25, 0.3) is 11.2 Å². The summed E-state index contributed by atoms with van der Waals surface area (Å²) < 4.78 is 12.9. The number of nitro benzene ring substituents is 2. The molecule has 0 saturated heterocycles. The molecule has 1 aromatic heterocycles. The lowest BCUT2D eigenvalue weighted by Crippen LogP contribution is -2.22. The minimum Gasteiger partial charge on any atom is -0.493 e. The minimum absolute atomic E-state index is 0.0535. The fourth-order valence-electron chi connectivity index (χ4n) is 3.85. The molecule has 13 heteroatoms. The highest BCUT2D eigenvalue weighted by molar-refractivity contribution is 9.10. The predicted molar refractivity (Wildman–Crippen MR) is 148 cm³/mol. The Morgan fingerprint density at radius 3 is 2.59 bits per heavy atom. The van der Waals surface area contributed by atoms with Crippen LogP contribution < -0.4 is 15.0 Å². The third-order valence-corrected chi connectivity index (χ3v) is 6.14. The van der Waals surface area contributed by atoms with Crippen molar-refractivity contribution < 1.29 is 19.3 Å². The Morgan fingerprint density at radius 1 is 1.10 bits per heavy atom. The zero-order chi connectivity index (χ0) is 28.1. The highest BCUT2D eigenvalue weighted by Gasteiger charge is 2.23. The Labute approximate surface area is 229 Å². The normalized spacial score (nSPS) is 11.2. The molecule has 12 nitrogen and oxygen atoms in total. The van der Waals surface area contributed by atoms with E-state index >= 15 is 0 Å². The smallest absolute Gasteiger partial charge is 0.315 e. The van der Waals surface area contributed by atoms with Crippen LogP contribution in [0.25, 0.3) is 10.9 Å². The van der Waals surface area contributed by atoms with E-state index in [0.717, 1.165) is 6.42 Å². The number of non-ortho nitro benzene ring substituents is 1. The number of nitro groups is 2. The van der Waals surface area contributed by atoms with E-state index in [9.17, 15) is 25.0 Å². The van der Waals surface area contributed by atoms with Crippen LogP contribution in [-0.2, 0) is 13.0 Å². The van der Waals surface area contributed by atoms with Crippen molar-refractivity contribution in [1.82, 2.24) is 9.66 Å². The van der Waals surface area contributed by atoms with E-state index in [1.165, 1.54) is 48.3 Å². The van der Waals surface area contributed by atoms with Crippen LogP contribution >= 0.6 is 15.9 Å². The summed E-state index contributed by atoms with van der Waals surface area (Å²) in [7, 11) is 1.33. The number of nitrogens with zero attached hydrogens (tertiary/aromatic N) is 5. The first kappa shape index (κ1) is 27.4. The second-order valence-corrected chi connectivity index (χ2v) is 9.26. The van der Waals surface area contributed by atoms with E-state index in [2.05, 4.69) is 26.0 Å². The van der Waals surface area contributed by atoms with Crippen molar-refractivity contribution in [2.75, 3.05) is 7.11 Å². The van der Waals surface area contributed by atoms with Gasteiger partial charge in [-0.3, -0.25) is 25.0 Å². The Balaban J connectivity index is 1.72. The predicted octanol–water partition coefficient (Wildman–Crippen LogP) is 5.40. The number of hydrogen-bond acceptors (Lipinski definition) is 9. The molecule has 0 saturated carbocycles. The van der Waals surface area contributed by atoms with E-state index in [4.69, 9.17) is 9.47 Å². The van der Waals surface area contributed by atoms with Gasteiger partial charge < -0.3 is 9.47 Å². The Morgan fingerprint density at radius 2 is 1.90 bits per heavy atom. The molecule has 0 amide bonds. The van der Waals surface area contributed by atoms with Crippen molar-refractivity contribution in [2.24, 2.45) is 5.10 Å². The van der Waals surface area contributed by atoms with Gasteiger partial charge in [0.1, 0.15) is 12.4 Å². The number of aryl methyl sites for hydroxylation is 1. The maximum Gasteiger partial charge on any atom is 0.315 e. The number of aromatic nitrogens is 2. The molecule has 0 atom stereocenters. The molecule has 1 heterocycles. The molecular weight excluding hydrogens is 574 g/mol. The summed E-state index contributed by atoms with van der Waals surface area (Å²) in [4.78, 5) is 39.6. The molecule has 0 unspecified atom stereocenters. The number of rotatable bonds is 10. The number of ether oxygens (including phenoxy) is 2. The van der Waals surface area contributed by atoms with Crippen molar-refractivity contribution >= 4 is 44.4 Å². The van der Waals surface area contributed by atoms with Crippen molar-refractivity contribution in [2.45, 2.75) is 26.4 Å². The first-order valence-electron chi connectivity index (χ1n) is 11.7. The second-order valence-electron chi connectivity index (χ2n) is 8.35. The van der Waals surface area contributed by atoms with Crippen molar-refractivity contribution in [3.8, 4) is 11.5 Å². The molecule has 4 rings (SSSR count). The van der Waals surface area contributed by atoms with Crippen molar-refractivity contribution in [3.63, 3.8) is 0 Å². The van der Waals surface area contributed by atoms with Crippen LogP contribution in [0.2, 0.25) is 0 Å². The second kappa shape index (κ2) is 11.8. The molecule has 39 heavy (non-hydrogen) atoms. The van der Waals surface area contributed by atoms with Crippen LogP contribution in [-0.4, -0.2) is 32.8 Å². The number of hydrogen-bond donors (Lipinski definition) is 0. The van der Waals surface area contributed by atoms with Crippen molar-refractivity contribution in [1.29, 1.82) is 0 Å². The zero-order valence-corrected chi connectivity index (χ0v) is 22.5. The van der Waals surface area contributed by atoms with Gasteiger partial charge in [-0.2, -0.15) is 9.78 Å². The SMILES string of the molecule is CCCc1nc2ccc(Br)cc2c(=O)n1N=Cc1cc(OC)c(OCc2cccc([N+](=O)[O-])c2)c([N+](=O)[O-])c1. The molecule has 0 N–H and O–H groups in total. The van der Waals surface area contributed by atoms with E-state index in [-0.39, 0.29) is 34.9 Å². The van der Waals surface area contributed by atoms with Crippen LogP contribution in [0.4, 0.5) is 11.4 Å². The Hall–Kier alpha value is -4.65. The summed E-state index contributed by atoms with van der Waals surface area (Å²) in [6, 6.07) is 13.7. The number of methoxy groups -OCH3 is 1. The van der Waals surface area contributed by atoms with Crippen LogP contribution in [0, 0.1) is 20.2 Å². The van der Waals surface area contributed by atoms with Gasteiger partial charge in [-0.05, 0) is 36.2 Å². The van der Waals surface area contributed by atoms with Crippen LogP contribution in [0.1, 0.15) is 30.3 Å².